The fourth-order valence-corrected chi connectivity index (χ4v) is 4.07. The van der Waals surface area contributed by atoms with Crippen LogP contribution in [-0.4, -0.2) is 19.2 Å². The van der Waals surface area contributed by atoms with Crippen LogP contribution < -0.4 is 5.56 Å². The van der Waals surface area contributed by atoms with E-state index in [0.717, 1.165) is 48.9 Å². The average molecular weight is 314 g/mol. The molecule has 23 heavy (non-hydrogen) atoms. The van der Waals surface area contributed by atoms with Gasteiger partial charge in [-0.1, -0.05) is 19.8 Å². The molecule has 0 amide bonds. The Morgan fingerprint density at radius 3 is 2.48 bits per heavy atom. The lowest BCUT2D eigenvalue weighted by molar-refractivity contribution is 0.541. The minimum absolute atomic E-state index is 0.0227. The van der Waals surface area contributed by atoms with Crippen molar-refractivity contribution in [2.24, 2.45) is 5.92 Å². The molecule has 0 atom stereocenters. The Labute approximate surface area is 136 Å². The number of aryl methyl sites for hydroxylation is 1. The van der Waals surface area contributed by atoms with E-state index in [1.165, 1.54) is 25.7 Å². The third-order valence-electron chi connectivity index (χ3n) is 5.94. The van der Waals surface area contributed by atoms with Crippen LogP contribution >= 0.6 is 0 Å². The van der Waals surface area contributed by atoms with Gasteiger partial charge in [-0.25, -0.2) is 0 Å². The second-order valence-electron chi connectivity index (χ2n) is 7.45. The van der Waals surface area contributed by atoms with Gasteiger partial charge in [-0.15, -0.1) is 10.2 Å². The summed E-state index contributed by atoms with van der Waals surface area (Å²) in [6, 6.07) is 0. The van der Waals surface area contributed by atoms with Crippen molar-refractivity contribution < 1.29 is 0 Å². The minimum atomic E-state index is 0.0227. The summed E-state index contributed by atoms with van der Waals surface area (Å²) < 4.78 is 3.97. The van der Waals surface area contributed by atoms with Crippen molar-refractivity contribution >= 4 is 5.65 Å². The number of hydrogen-bond donors (Lipinski definition) is 0. The van der Waals surface area contributed by atoms with E-state index in [1.807, 2.05) is 4.57 Å². The zero-order valence-corrected chi connectivity index (χ0v) is 14.4. The smallest absolute Gasteiger partial charge is 0.296 e. The maximum Gasteiger partial charge on any atom is 0.296 e. The van der Waals surface area contributed by atoms with Crippen LogP contribution in [0.25, 0.3) is 5.65 Å². The predicted molar refractivity (Wildman–Crippen MR) is 89.9 cm³/mol. The highest BCUT2D eigenvalue weighted by Gasteiger charge is 2.58. The van der Waals surface area contributed by atoms with Gasteiger partial charge in [0.25, 0.3) is 5.56 Å². The first kappa shape index (κ1) is 14.9. The van der Waals surface area contributed by atoms with E-state index in [4.69, 9.17) is 0 Å². The molecule has 0 aromatic carbocycles. The van der Waals surface area contributed by atoms with E-state index >= 15 is 0 Å². The summed E-state index contributed by atoms with van der Waals surface area (Å²) in [5, 5.41) is 8.80. The number of fused-ring (bicyclic) bond motifs is 1. The van der Waals surface area contributed by atoms with Crippen LogP contribution in [0, 0.1) is 19.8 Å². The molecule has 2 aromatic rings. The third-order valence-corrected chi connectivity index (χ3v) is 5.94. The van der Waals surface area contributed by atoms with E-state index in [0.29, 0.717) is 5.65 Å². The molecular formula is C18H26N4O. The first-order valence-electron chi connectivity index (χ1n) is 9.05. The van der Waals surface area contributed by atoms with Gasteiger partial charge in [0.15, 0.2) is 0 Å². The van der Waals surface area contributed by atoms with Crippen LogP contribution in [0.3, 0.4) is 0 Å². The normalized spacial score (nSPS) is 19.4. The summed E-state index contributed by atoms with van der Waals surface area (Å²) in [5.41, 5.74) is 2.95. The second-order valence-corrected chi connectivity index (χ2v) is 7.45. The Bertz CT molecular complexity index is 809. The van der Waals surface area contributed by atoms with Gasteiger partial charge in [-0.05, 0) is 51.9 Å². The molecule has 0 saturated heterocycles. The topological polar surface area (TPSA) is 52.2 Å². The molecule has 4 rings (SSSR count). The Morgan fingerprint density at radius 2 is 1.87 bits per heavy atom. The Hall–Kier alpha value is -1.65. The lowest BCUT2D eigenvalue weighted by Gasteiger charge is -2.17. The summed E-state index contributed by atoms with van der Waals surface area (Å²) in [4.78, 5) is 12.9. The number of aromatic nitrogens is 4. The fourth-order valence-electron chi connectivity index (χ4n) is 4.07. The monoisotopic (exact) mass is 314 g/mol. The van der Waals surface area contributed by atoms with Crippen LogP contribution in [0.2, 0.25) is 0 Å². The molecular weight excluding hydrogens is 288 g/mol. The largest absolute Gasteiger partial charge is 0.308 e. The zero-order chi connectivity index (χ0) is 16.2. The van der Waals surface area contributed by atoms with Crippen LogP contribution in [0.5, 0.6) is 0 Å². The zero-order valence-electron chi connectivity index (χ0n) is 14.4. The summed E-state index contributed by atoms with van der Waals surface area (Å²) in [5.74, 6) is 1.81. The Balaban J connectivity index is 1.83. The Kier molecular flexibility index (Phi) is 3.36. The number of rotatable bonds is 6. The van der Waals surface area contributed by atoms with Gasteiger partial charge in [0.05, 0.1) is 0 Å². The van der Waals surface area contributed by atoms with Gasteiger partial charge >= 0.3 is 0 Å². The lowest BCUT2D eigenvalue weighted by Crippen LogP contribution is -2.28. The summed E-state index contributed by atoms with van der Waals surface area (Å²) in [7, 11) is 0. The van der Waals surface area contributed by atoms with E-state index in [2.05, 4.69) is 35.4 Å². The van der Waals surface area contributed by atoms with Crippen LogP contribution in [0.1, 0.15) is 69.1 Å². The highest BCUT2D eigenvalue weighted by atomic mass is 16.1. The molecule has 0 spiro atoms. The van der Waals surface area contributed by atoms with Gasteiger partial charge in [0, 0.05) is 23.3 Å². The van der Waals surface area contributed by atoms with Crippen molar-refractivity contribution in [3.8, 4) is 0 Å². The fraction of sp³-hybridized carbons (Fsp3) is 0.722. The number of nitrogens with zero attached hydrogens (tertiary/aromatic N) is 4. The van der Waals surface area contributed by atoms with Gasteiger partial charge in [0.2, 0.25) is 5.65 Å². The van der Waals surface area contributed by atoms with Crippen molar-refractivity contribution in [3.05, 3.63) is 27.6 Å². The van der Waals surface area contributed by atoms with Gasteiger partial charge in [-0.2, -0.15) is 0 Å². The van der Waals surface area contributed by atoms with Crippen molar-refractivity contribution in [2.45, 2.75) is 77.7 Å². The van der Waals surface area contributed by atoms with Crippen molar-refractivity contribution in [1.82, 2.24) is 19.2 Å². The van der Waals surface area contributed by atoms with Crippen molar-refractivity contribution in [1.29, 1.82) is 0 Å². The van der Waals surface area contributed by atoms with Crippen LogP contribution in [0.4, 0.5) is 0 Å². The summed E-state index contributed by atoms with van der Waals surface area (Å²) in [6.07, 6.45) is 8.38. The average Bonchev–Trinajstić information content (AvgIpc) is 3.45. The quantitative estimate of drug-likeness (QED) is 0.770. The molecule has 2 aromatic heterocycles. The molecule has 0 bridgehead atoms. The molecule has 0 unspecified atom stereocenters. The van der Waals surface area contributed by atoms with E-state index in [1.54, 1.807) is 0 Å². The van der Waals surface area contributed by atoms with E-state index in [9.17, 15) is 4.79 Å². The highest BCUT2D eigenvalue weighted by molar-refractivity contribution is 5.42. The minimum Gasteiger partial charge on any atom is -0.308 e. The summed E-state index contributed by atoms with van der Waals surface area (Å²) >= 11 is 0. The molecule has 2 saturated carbocycles. The third kappa shape index (κ3) is 2.16. The molecule has 2 aliphatic rings. The molecule has 5 nitrogen and oxygen atoms in total. The van der Waals surface area contributed by atoms with Crippen LogP contribution in [-0.2, 0) is 12.0 Å². The van der Waals surface area contributed by atoms with Crippen molar-refractivity contribution in [2.75, 3.05) is 0 Å². The second kappa shape index (κ2) is 5.18. The highest BCUT2D eigenvalue weighted by Crippen LogP contribution is 2.61. The molecule has 2 heterocycles. The first-order chi connectivity index (χ1) is 11.1. The molecule has 0 N–H and O–H groups in total. The number of hydrogen-bond acceptors (Lipinski definition) is 3. The van der Waals surface area contributed by atoms with E-state index < -0.39 is 0 Å². The van der Waals surface area contributed by atoms with Crippen molar-refractivity contribution in [3.63, 3.8) is 0 Å². The number of unbranched alkanes of at least 4 members (excludes halogenated alkanes) is 2. The lowest BCUT2D eigenvalue weighted by atomic mass is 9.99. The van der Waals surface area contributed by atoms with Gasteiger partial charge in [-0.3, -0.25) is 9.20 Å². The van der Waals surface area contributed by atoms with E-state index in [-0.39, 0.29) is 11.0 Å². The maximum absolute atomic E-state index is 12.9. The van der Waals surface area contributed by atoms with Gasteiger partial charge < -0.3 is 4.57 Å². The predicted octanol–water partition coefficient (Wildman–Crippen LogP) is 3.14. The molecule has 0 radical (unpaired) electrons. The standard InChI is InChI=1S/C18H26N4O/c1-4-5-6-11-21-12(2)13(3)22-15(16(21)23)19-20-17(22)18(9-10-18)14-7-8-14/h14H,4-11H2,1-3H3. The van der Waals surface area contributed by atoms with Gasteiger partial charge in [0.1, 0.15) is 5.82 Å². The maximum atomic E-state index is 12.9. The molecule has 2 fully saturated rings. The Morgan fingerprint density at radius 1 is 1.13 bits per heavy atom. The molecule has 2 aliphatic carbocycles. The SMILES string of the molecule is CCCCCn1c(C)c(C)n2c(C3(C4CC4)CC3)nnc2c1=O. The van der Waals surface area contributed by atoms with Crippen LogP contribution in [0.15, 0.2) is 4.79 Å². The summed E-state index contributed by atoms with van der Waals surface area (Å²) in [6.45, 7) is 7.13. The first-order valence-corrected chi connectivity index (χ1v) is 9.05. The molecule has 124 valence electrons. The molecule has 5 heteroatoms. The molecule has 0 aliphatic heterocycles.